The molecule has 0 bridgehead atoms. The summed E-state index contributed by atoms with van der Waals surface area (Å²) in [6, 6.07) is 4.04. The van der Waals surface area contributed by atoms with E-state index in [0.29, 0.717) is 25.4 Å². The number of benzene rings is 1. The molecule has 27 heavy (non-hydrogen) atoms. The van der Waals surface area contributed by atoms with E-state index in [1.807, 2.05) is 0 Å². The molecule has 1 aliphatic carbocycles. The summed E-state index contributed by atoms with van der Waals surface area (Å²) >= 11 is 0. The maximum atomic E-state index is 14.2. The Hall–Kier alpha value is -1.99. The van der Waals surface area contributed by atoms with E-state index in [4.69, 9.17) is 4.74 Å². The standard InChI is InChI=1S/C20H28FN3O3/c1-15(25)23-16-5-6-18(21)17(13-16)19(26)22-14-20(7-3-2-4-8-20)24-9-11-27-12-10-24/h5-6,13H,2-4,7-12,14H2,1H3,(H,22,26)(H,23,25). The van der Waals surface area contributed by atoms with Crippen LogP contribution in [0.3, 0.4) is 0 Å². The predicted molar refractivity (Wildman–Crippen MR) is 101 cm³/mol. The van der Waals surface area contributed by atoms with Crippen LogP contribution in [0.25, 0.3) is 0 Å². The molecule has 2 fully saturated rings. The van der Waals surface area contributed by atoms with E-state index in [2.05, 4.69) is 15.5 Å². The van der Waals surface area contributed by atoms with Crippen molar-refractivity contribution in [3.05, 3.63) is 29.6 Å². The van der Waals surface area contributed by atoms with Crippen molar-refractivity contribution in [1.82, 2.24) is 10.2 Å². The van der Waals surface area contributed by atoms with Gasteiger partial charge in [0.05, 0.1) is 18.8 Å². The predicted octanol–water partition coefficient (Wildman–Crippen LogP) is 2.55. The number of halogens is 1. The van der Waals surface area contributed by atoms with Gasteiger partial charge < -0.3 is 15.4 Å². The van der Waals surface area contributed by atoms with Gasteiger partial charge in [-0.25, -0.2) is 4.39 Å². The van der Waals surface area contributed by atoms with Gasteiger partial charge in [-0.3, -0.25) is 14.5 Å². The second-order valence-electron chi connectivity index (χ2n) is 7.44. The molecule has 0 spiro atoms. The number of nitrogens with one attached hydrogen (secondary N) is 2. The number of morpholine rings is 1. The van der Waals surface area contributed by atoms with Crippen LogP contribution in [-0.2, 0) is 9.53 Å². The molecule has 2 amide bonds. The van der Waals surface area contributed by atoms with Gasteiger partial charge in [-0.2, -0.15) is 0 Å². The zero-order chi connectivity index (χ0) is 19.3. The molecule has 6 nitrogen and oxygen atoms in total. The van der Waals surface area contributed by atoms with Crippen molar-refractivity contribution in [2.45, 2.75) is 44.6 Å². The van der Waals surface area contributed by atoms with Gasteiger partial charge in [0, 0.05) is 37.8 Å². The molecular weight excluding hydrogens is 349 g/mol. The fourth-order valence-electron chi connectivity index (χ4n) is 4.17. The lowest BCUT2D eigenvalue weighted by Crippen LogP contribution is -2.59. The van der Waals surface area contributed by atoms with Crippen LogP contribution in [0, 0.1) is 5.82 Å². The first-order chi connectivity index (χ1) is 13.0. The largest absolute Gasteiger partial charge is 0.379 e. The van der Waals surface area contributed by atoms with Gasteiger partial charge in [0.25, 0.3) is 5.91 Å². The molecule has 1 aromatic rings. The number of hydrogen-bond donors (Lipinski definition) is 2. The summed E-state index contributed by atoms with van der Waals surface area (Å²) in [6.45, 7) is 5.02. The van der Waals surface area contributed by atoms with E-state index in [9.17, 15) is 14.0 Å². The maximum Gasteiger partial charge on any atom is 0.254 e. The minimum absolute atomic E-state index is 0.0470. The minimum Gasteiger partial charge on any atom is -0.379 e. The molecule has 1 saturated carbocycles. The van der Waals surface area contributed by atoms with E-state index in [-0.39, 0.29) is 17.0 Å². The van der Waals surface area contributed by atoms with Crippen molar-refractivity contribution in [1.29, 1.82) is 0 Å². The fraction of sp³-hybridized carbons (Fsp3) is 0.600. The molecule has 1 aliphatic heterocycles. The van der Waals surface area contributed by atoms with Gasteiger partial charge in [-0.05, 0) is 31.0 Å². The number of rotatable bonds is 5. The molecule has 0 atom stereocenters. The summed E-state index contributed by atoms with van der Waals surface area (Å²) < 4.78 is 19.7. The van der Waals surface area contributed by atoms with Gasteiger partial charge in [-0.15, -0.1) is 0 Å². The molecule has 2 N–H and O–H groups in total. The molecular formula is C20H28FN3O3. The van der Waals surface area contributed by atoms with Crippen molar-refractivity contribution >= 4 is 17.5 Å². The highest BCUT2D eigenvalue weighted by Gasteiger charge is 2.39. The molecule has 1 heterocycles. The molecule has 0 unspecified atom stereocenters. The number of amides is 2. The molecule has 0 radical (unpaired) electrons. The van der Waals surface area contributed by atoms with Crippen LogP contribution in [0.1, 0.15) is 49.4 Å². The second-order valence-corrected chi connectivity index (χ2v) is 7.44. The molecule has 2 aliphatic rings. The summed E-state index contributed by atoms with van der Waals surface area (Å²) in [4.78, 5) is 26.3. The normalized spacial score (nSPS) is 20.1. The Morgan fingerprint density at radius 1 is 1.19 bits per heavy atom. The molecule has 7 heteroatoms. The highest BCUT2D eigenvalue weighted by atomic mass is 19.1. The first kappa shape index (κ1) is 19.8. The minimum atomic E-state index is -0.592. The zero-order valence-corrected chi connectivity index (χ0v) is 15.9. The average Bonchev–Trinajstić information content (AvgIpc) is 2.68. The quantitative estimate of drug-likeness (QED) is 0.827. The third kappa shape index (κ3) is 4.84. The summed E-state index contributed by atoms with van der Waals surface area (Å²) in [7, 11) is 0. The van der Waals surface area contributed by atoms with Crippen molar-refractivity contribution in [3.63, 3.8) is 0 Å². The molecule has 1 aromatic carbocycles. The lowest BCUT2D eigenvalue weighted by molar-refractivity contribution is -0.114. The maximum absolute atomic E-state index is 14.2. The lowest BCUT2D eigenvalue weighted by atomic mass is 9.79. The Morgan fingerprint density at radius 3 is 2.56 bits per heavy atom. The van der Waals surface area contributed by atoms with Crippen LogP contribution >= 0.6 is 0 Å². The Kier molecular flexibility index (Phi) is 6.44. The van der Waals surface area contributed by atoms with E-state index < -0.39 is 11.7 Å². The van der Waals surface area contributed by atoms with E-state index >= 15 is 0 Å². The van der Waals surface area contributed by atoms with Crippen molar-refractivity contribution in [3.8, 4) is 0 Å². The lowest BCUT2D eigenvalue weighted by Gasteiger charge is -2.48. The zero-order valence-electron chi connectivity index (χ0n) is 15.9. The smallest absolute Gasteiger partial charge is 0.254 e. The first-order valence-electron chi connectivity index (χ1n) is 9.68. The number of anilines is 1. The molecule has 148 valence electrons. The fourth-order valence-corrected chi connectivity index (χ4v) is 4.17. The van der Waals surface area contributed by atoms with Gasteiger partial charge in [0.2, 0.25) is 5.91 Å². The third-order valence-electron chi connectivity index (χ3n) is 5.58. The van der Waals surface area contributed by atoms with Crippen LogP contribution in [0.5, 0.6) is 0 Å². The highest BCUT2D eigenvalue weighted by molar-refractivity contribution is 5.97. The van der Waals surface area contributed by atoms with Crippen LogP contribution in [0.15, 0.2) is 18.2 Å². The first-order valence-corrected chi connectivity index (χ1v) is 9.68. The van der Waals surface area contributed by atoms with Gasteiger partial charge >= 0.3 is 0 Å². The van der Waals surface area contributed by atoms with Crippen LogP contribution in [0.4, 0.5) is 10.1 Å². The van der Waals surface area contributed by atoms with Gasteiger partial charge in [-0.1, -0.05) is 19.3 Å². The van der Waals surface area contributed by atoms with Crippen LogP contribution in [0.2, 0.25) is 0 Å². The van der Waals surface area contributed by atoms with Crippen LogP contribution in [-0.4, -0.2) is 55.1 Å². The van der Waals surface area contributed by atoms with Crippen molar-refractivity contribution < 1.29 is 18.7 Å². The number of carbonyl (C=O) groups is 2. The van der Waals surface area contributed by atoms with E-state index in [1.54, 1.807) is 0 Å². The van der Waals surface area contributed by atoms with Gasteiger partial charge in [0.1, 0.15) is 5.82 Å². The van der Waals surface area contributed by atoms with Crippen molar-refractivity contribution in [2.24, 2.45) is 0 Å². The Morgan fingerprint density at radius 2 is 1.89 bits per heavy atom. The molecule has 3 rings (SSSR count). The summed E-state index contributed by atoms with van der Waals surface area (Å²) in [5.74, 6) is -1.30. The van der Waals surface area contributed by atoms with E-state index in [1.165, 1.54) is 31.5 Å². The number of hydrogen-bond acceptors (Lipinski definition) is 4. The number of ether oxygens (including phenoxy) is 1. The Balaban J connectivity index is 1.71. The monoisotopic (exact) mass is 377 g/mol. The topological polar surface area (TPSA) is 70.7 Å². The third-order valence-corrected chi connectivity index (χ3v) is 5.58. The average molecular weight is 377 g/mol. The number of carbonyl (C=O) groups excluding carboxylic acids is 2. The number of nitrogens with zero attached hydrogens (tertiary/aromatic N) is 1. The second kappa shape index (κ2) is 8.80. The molecule has 0 aromatic heterocycles. The summed E-state index contributed by atoms with van der Waals surface area (Å²) in [5.41, 5.74) is 0.285. The van der Waals surface area contributed by atoms with Crippen LogP contribution < -0.4 is 10.6 Å². The molecule has 1 saturated heterocycles. The SMILES string of the molecule is CC(=O)Nc1ccc(F)c(C(=O)NCC2(N3CCOCC3)CCCCC2)c1. The Labute approximate surface area is 159 Å². The Bertz CT molecular complexity index is 683. The highest BCUT2D eigenvalue weighted by Crippen LogP contribution is 2.34. The van der Waals surface area contributed by atoms with Crippen molar-refractivity contribution in [2.75, 3.05) is 38.2 Å². The summed E-state index contributed by atoms with van der Waals surface area (Å²) in [5, 5.41) is 5.54. The van der Waals surface area contributed by atoms with Gasteiger partial charge in [0.15, 0.2) is 0 Å². The van der Waals surface area contributed by atoms with E-state index in [0.717, 1.165) is 38.8 Å². The summed E-state index contributed by atoms with van der Waals surface area (Å²) in [6.07, 6.45) is 5.55.